The summed E-state index contributed by atoms with van der Waals surface area (Å²) in [5.41, 5.74) is 2.34. The third-order valence-corrected chi connectivity index (χ3v) is 4.58. The number of amides is 2. The smallest absolute Gasteiger partial charge is 0.255 e. The zero-order valence-electron chi connectivity index (χ0n) is 12.9. The van der Waals surface area contributed by atoms with E-state index in [2.05, 4.69) is 0 Å². The highest BCUT2D eigenvalue weighted by Gasteiger charge is 2.31. The van der Waals surface area contributed by atoms with Gasteiger partial charge in [0.25, 0.3) is 5.91 Å². The van der Waals surface area contributed by atoms with Gasteiger partial charge in [0.05, 0.1) is 11.3 Å². The molecule has 2 fully saturated rings. The van der Waals surface area contributed by atoms with Crippen molar-refractivity contribution < 1.29 is 14.7 Å². The van der Waals surface area contributed by atoms with Crippen LogP contribution in [0.5, 0.6) is 0 Å². The average Bonchev–Trinajstić information content (AvgIpc) is 3.15. The van der Waals surface area contributed by atoms with Crippen molar-refractivity contribution in [3.8, 4) is 0 Å². The second kappa shape index (κ2) is 6.08. The van der Waals surface area contributed by atoms with Crippen LogP contribution in [0.2, 0.25) is 0 Å². The average molecular weight is 302 g/mol. The van der Waals surface area contributed by atoms with Crippen LogP contribution in [0.15, 0.2) is 18.2 Å². The molecule has 1 aromatic carbocycles. The zero-order chi connectivity index (χ0) is 15.7. The first-order chi connectivity index (χ1) is 10.6. The highest BCUT2D eigenvalue weighted by Crippen LogP contribution is 2.29. The molecule has 22 heavy (non-hydrogen) atoms. The molecule has 118 valence electrons. The number of aliphatic hydroxyl groups excluding tert-OH is 1. The molecule has 0 aromatic heterocycles. The molecule has 5 nitrogen and oxygen atoms in total. The summed E-state index contributed by atoms with van der Waals surface area (Å²) in [6.45, 7) is 4.02. The second-order valence-corrected chi connectivity index (χ2v) is 6.26. The van der Waals surface area contributed by atoms with Gasteiger partial charge in [-0.05, 0) is 31.9 Å². The third-order valence-electron chi connectivity index (χ3n) is 4.58. The van der Waals surface area contributed by atoms with Gasteiger partial charge in [-0.2, -0.15) is 0 Å². The van der Waals surface area contributed by atoms with Gasteiger partial charge in [-0.15, -0.1) is 0 Å². The zero-order valence-corrected chi connectivity index (χ0v) is 12.9. The molecule has 2 aliphatic heterocycles. The first kappa shape index (κ1) is 15.0. The van der Waals surface area contributed by atoms with Crippen molar-refractivity contribution in [2.75, 3.05) is 31.1 Å². The Kier molecular flexibility index (Phi) is 4.16. The van der Waals surface area contributed by atoms with E-state index in [1.54, 1.807) is 9.80 Å². The number of benzene rings is 1. The van der Waals surface area contributed by atoms with E-state index >= 15 is 0 Å². The molecular formula is C17H22N2O3. The quantitative estimate of drug-likeness (QED) is 0.922. The van der Waals surface area contributed by atoms with Crippen molar-refractivity contribution in [2.45, 2.75) is 26.2 Å². The molecule has 2 heterocycles. The molecule has 2 aliphatic rings. The fourth-order valence-corrected chi connectivity index (χ4v) is 3.30. The number of anilines is 1. The minimum atomic E-state index is -0.0330. The van der Waals surface area contributed by atoms with Crippen LogP contribution >= 0.6 is 0 Å². The van der Waals surface area contributed by atoms with Crippen LogP contribution in [-0.2, 0) is 4.79 Å². The number of hydrogen-bond donors (Lipinski definition) is 1. The van der Waals surface area contributed by atoms with Crippen LogP contribution < -0.4 is 4.90 Å². The summed E-state index contributed by atoms with van der Waals surface area (Å²) in [4.78, 5) is 28.4. The van der Waals surface area contributed by atoms with E-state index in [9.17, 15) is 14.7 Å². The van der Waals surface area contributed by atoms with Crippen molar-refractivity contribution in [1.29, 1.82) is 0 Å². The Morgan fingerprint density at radius 1 is 1.36 bits per heavy atom. The van der Waals surface area contributed by atoms with Gasteiger partial charge < -0.3 is 14.9 Å². The molecule has 1 atom stereocenters. The van der Waals surface area contributed by atoms with Gasteiger partial charge in [-0.1, -0.05) is 11.6 Å². The fourth-order valence-electron chi connectivity index (χ4n) is 3.30. The third kappa shape index (κ3) is 2.73. The summed E-state index contributed by atoms with van der Waals surface area (Å²) in [6.07, 6.45) is 2.24. The van der Waals surface area contributed by atoms with E-state index in [4.69, 9.17) is 0 Å². The summed E-state index contributed by atoms with van der Waals surface area (Å²) in [7, 11) is 0. The molecule has 5 heteroatoms. The molecule has 1 N–H and O–H groups in total. The number of nitrogens with zero attached hydrogens (tertiary/aromatic N) is 2. The van der Waals surface area contributed by atoms with Crippen molar-refractivity contribution in [2.24, 2.45) is 5.92 Å². The minimum absolute atomic E-state index is 0.0330. The lowest BCUT2D eigenvalue weighted by atomic mass is 10.1. The number of carbonyl (C=O) groups is 2. The van der Waals surface area contributed by atoms with Gasteiger partial charge in [-0.25, -0.2) is 0 Å². The van der Waals surface area contributed by atoms with E-state index < -0.39 is 0 Å². The standard InChI is InChI=1S/C17H22N2O3/c1-12-4-5-15(19-7-2-3-16(19)21)14(9-12)17(22)18-8-6-13(10-18)11-20/h4-5,9,13,20H,2-3,6-8,10-11H2,1H3. The molecule has 3 rings (SSSR count). The fraction of sp³-hybridized carbons (Fsp3) is 0.529. The van der Waals surface area contributed by atoms with E-state index in [0.29, 0.717) is 31.6 Å². The molecule has 0 bridgehead atoms. The van der Waals surface area contributed by atoms with Gasteiger partial charge in [0.15, 0.2) is 0 Å². The lowest BCUT2D eigenvalue weighted by Crippen LogP contribution is -2.32. The Morgan fingerprint density at radius 2 is 2.18 bits per heavy atom. The predicted molar refractivity (Wildman–Crippen MR) is 83.9 cm³/mol. The minimum Gasteiger partial charge on any atom is -0.396 e. The summed E-state index contributed by atoms with van der Waals surface area (Å²) in [6, 6.07) is 5.69. The maximum absolute atomic E-state index is 12.9. The van der Waals surface area contributed by atoms with Crippen molar-refractivity contribution in [1.82, 2.24) is 4.90 Å². The summed E-state index contributed by atoms with van der Waals surface area (Å²) in [5, 5.41) is 9.25. The predicted octanol–water partition coefficient (Wildman–Crippen LogP) is 1.58. The maximum atomic E-state index is 12.9. The molecule has 0 saturated carbocycles. The van der Waals surface area contributed by atoms with Crippen LogP contribution in [0, 0.1) is 12.8 Å². The van der Waals surface area contributed by atoms with Gasteiger partial charge in [0, 0.05) is 38.6 Å². The number of likely N-dealkylation sites (tertiary alicyclic amines) is 1. The molecule has 2 amide bonds. The lowest BCUT2D eigenvalue weighted by Gasteiger charge is -2.23. The highest BCUT2D eigenvalue weighted by molar-refractivity contribution is 6.05. The Balaban J connectivity index is 1.90. The number of rotatable bonds is 3. The second-order valence-electron chi connectivity index (χ2n) is 6.26. The van der Waals surface area contributed by atoms with Gasteiger partial charge >= 0.3 is 0 Å². The Labute approximate surface area is 130 Å². The van der Waals surface area contributed by atoms with Crippen molar-refractivity contribution in [3.05, 3.63) is 29.3 Å². The number of carbonyl (C=O) groups excluding carboxylic acids is 2. The largest absolute Gasteiger partial charge is 0.396 e. The SMILES string of the molecule is Cc1ccc(N2CCCC2=O)c(C(=O)N2CCC(CO)C2)c1. The number of hydrogen-bond acceptors (Lipinski definition) is 3. The molecule has 1 aromatic rings. The summed E-state index contributed by atoms with van der Waals surface area (Å²) in [5.74, 6) is 0.229. The van der Waals surface area contributed by atoms with Crippen LogP contribution in [-0.4, -0.2) is 48.1 Å². The van der Waals surface area contributed by atoms with E-state index in [1.165, 1.54) is 0 Å². The molecular weight excluding hydrogens is 280 g/mol. The van der Waals surface area contributed by atoms with E-state index in [1.807, 2.05) is 25.1 Å². The lowest BCUT2D eigenvalue weighted by molar-refractivity contribution is -0.117. The van der Waals surface area contributed by atoms with Crippen LogP contribution in [0.3, 0.4) is 0 Å². The Morgan fingerprint density at radius 3 is 2.82 bits per heavy atom. The first-order valence-electron chi connectivity index (χ1n) is 7.91. The molecule has 2 saturated heterocycles. The number of aryl methyl sites for hydroxylation is 1. The van der Waals surface area contributed by atoms with Crippen LogP contribution in [0.25, 0.3) is 0 Å². The highest BCUT2D eigenvalue weighted by atomic mass is 16.3. The van der Waals surface area contributed by atoms with Gasteiger partial charge in [0.1, 0.15) is 0 Å². The Bertz CT molecular complexity index is 600. The molecule has 1 unspecified atom stereocenters. The monoisotopic (exact) mass is 302 g/mol. The van der Waals surface area contributed by atoms with Gasteiger partial charge in [-0.3, -0.25) is 9.59 Å². The molecule has 0 radical (unpaired) electrons. The summed E-state index contributed by atoms with van der Waals surface area (Å²) < 4.78 is 0. The van der Waals surface area contributed by atoms with Gasteiger partial charge in [0.2, 0.25) is 5.91 Å². The molecule has 0 aliphatic carbocycles. The first-order valence-corrected chi connectivity index (χ1v) is 7.91. The summed E-state index contributed by atoms with van der Waals surface area (Å²) >= 11 is 0. The molecule has 0 spiro atoms. The normalized spacial score (nSPS) is 21.7. The number of aliphatic hydroxyl groups is 1. The van der Waals surface area contributed by atoms with Crippen molar-refractivity contribution in [3.63, 3.8) is 0 Å². The topological polar surface area (TPSA) is 60.9 Å². The Hall–Kier alpha value is -1.88. The maximum Gasteiger partial charge on any atom is 0.255 e. The van der Waals surface area contributed by atoms with Crippen LogP contribution in [0.1, 0.15) is 35.2 Å². The van der Waals surface area contributed by atoms with E-state index in [-0.39, 0.29) is 24.3 Å². The van der Waals surface area contributed by atoms with Crippen LogP contribution in [0.4, 0.5) is 5.69 Å². The van der Waals surface area contributed by atoms with Crippen molar-refractivity contribution >= 4 is 17.5 Å². The van der Waals surface area contributed by atoms with E-state index in [0.717, 1.165) is 24.1 Å².